The normalized spacial score (nSPS) is 12.0. The summed E-state index contributed by atoms with van der Waals surface area (Å²) >= 11 is 0. The minimum absolute atomic E-state index is 0.575. The van der Waals surface area contributed by atoms with E-state index in [1.54, 1.807) is 0 Å². The monoisotopic (exact) mass is 577 g/mol. The number of para-hydroxylation sites is 3. The van der Waals surface area contributed by atoms with E-state index in [9.17, 15) is 0 Å². The van der Waals surface area contributed by atoms with Crippen molar-refractivity contribution < 1.29 is 8.83 Å². The average molecular weight is 578 g/mol. The molecule has 4 aromatic heterocycles. The van der Waals surface area contributed by atoms with Crippen molar-refractivity contribution in [3.63, 3.8) is 0 Å². The number of aromatic nitrogens is 3. The van der Waals surface area contributed by atoms with Crippen LogP contribution in [0, 0.1) is 0 Å². The van der Waals surface area contributed by atoms with E-state index in [-0.39, 0.29) is 0 Å². The van der Waals surface area contributed by atoms with Gasteiger partial charge < -0.3 is 13.4 Å². The molecule has 45 heavy (non-hydrogen) atoms. The van der Waals surface area contributed by atoms with Crippen LogP contribution in [-0.4, -0.2) is 14.5 Å². The Morgan fingerprint density at radius 3 is 2.04 bits per heavy atom. The zero-order valence-electron chi connectivity index (χ0n) is 23.9. The Morgan fingerprint density at radius 1 is 0.489 bits per heavy atom. The maximum atomic E-state index is 6.56. The van der Waals surface area contributed by atoms with Crippen molar-refractivity contribution in [2.24, 2.45) is 0 Å². The Kier molecular flexibility index (Phi) is 4.93. The molecule has 0 spiro atoms. The molecule has 10 rings (SSSR count). The molecular formula is C40H23N3O2. The van der Waals surface area contributed by atoms with E-state index < -0.39 is 0 Å². The summed E-state index contributed by atoms with van der Waals surface area (Å²) in [5.41, 5.74) is 9.05. The minimum Gasteiger partial charge on any atom is -0.454 e. The quantitative estimate of drug-likeness (QED) is 0.210. The van der Waals surface area contributed by atoms with Crippen molar-refractivity contribution in [3.8, 4) is 28.3 Å². The summed E-state index contributed by atoms with van der Waals surface area (Å²) in [5, 5.41) is 6.46. The minimum atomic E-state index is 0.575. The van der Waals surface area contributed by atoms with E-state index in [4.69, 9.17) is 18.8 Å². The molecule has 0 aliphatic carbocycles. The molecule has 10 aromatic rings. The summed E-state index contributed by atoms with van der Waals surface area (Å²) in [4.78, 5) is 10.2. The second kappa shape index (κ2) is 9.15. The number of benzene rings is 6. The first kappa shape index (κ1) is 24.3. The number of hydrogen-bond donors (Lipinski definition) is 0. The molecule has 0 radical (unpaired) electrons. The molecule has 6 aromatic carbocycles. The molecule has 0 bridgehead atoms. The van der Waals surface area contributed by atoms with E-state index in [0.29, 0.717) is 11.5 Å². The Bertz CT molecular complexity index is 2770. The largest absolute Gasteiger partial charge is 0.454 e. The summed E-state index contributed by atoms with van der Waals surface area (Å²) in [6.45, 7) is 0. The first-order chi connectivity index (χ1) is 22.3. The first-order valence-corrected chi connectivity index (χ1v) is 15.0. The number of rotatable bonds is 3. The second-order valence-corrected chi connectivity index (χ2v) is 11.4. The van der Waals surface area contributed by atoms with Crippen LogP contribution in [0.1, 0.15) is 0 Å². The van der Waals surface area contributed by atoms with Gasteiger partial charge in [-0.15, -0.1) is 0 Å². The van der Waals surface area contributed by atoms with Crippen molar-refractivity contribution in [1.29, 1.82) is 0 Å². The van der Waals surface area contributed by atoms with Crippen LogP contribution in [0.5, 0.6) is 0 Å². The number of hydrogen-bond acceptors (Lipinski definition) is 4. The fraction of sp³-hybridized carbons (Fsp3) is 0. The van der Waals surface area contributed by atoms with Crippen molar-refractivity contribution in [2.75, 3.05) is 0 Å². The third-order valence-corrected chi connectivity index (χ3v) is 8.83. The second-order valence-electron chi connectivity index (χ2n) is 11.4. The SMILES string of the molecule is c1ccc(-c2nc(-c3cccc(-n4c5ccccc5c5ccc6c7ccccc7oc6c54)c3)nc3oc4ccccc4c23)cc1. The number of fused-ring (bicyclic) bond motifs is 10. The van der Waals surface area contributed by atoms with Crippen molar-refractivity contribution >= 4 is 65.8 Å². The van der Waals surface area contributed by atoms with Gasteiger partial charge in [-0.25, -0.2) is 4.98 Å². The molecule has 0 amide bonds. The van der Waals surface area contributed by atoms with Gasteiger partial charge in [0.05, 0.1) is 22.1 Å². The zero-order valence-corrected chi connectivity index (χ0v) is 23.9. The maximum absolute atomic E-state index is 6.56. The molecule has 210 valence electrons. The molecule has 0 saturated heterocycles. The highest BCUT2D eigenvalue weighted by Crippen LogP contribution is 2.41. The third kappa shape index (κ3) is 3.49. The highest BCUT2D eigenvalue weighted by molar-refractivity contribution is 6.21. The van der Waals surface area contributed by atoms with Gasteiger partial charge in [-0.05, 0) is 36.4 Å². The standard InChI is InChI=1S/C40H23N3O2/c1-2-11-24(12-3-1)36-35-31-17-6-9-20-34(31)45-40(35)42-39(41-36)25-13-10-14-26(23-25)43-32-18-7-4-15-27(32)29-21-22-30-28-16-5-8-19-33(28)44-38(30)37(29)43/h1-23H. The lowest BCUT2D eigenvalue weighted by molar-refractivity contribution is 0.653. The smallest absolute Gasteiger partial charge is 0.231 e. The molecule has 5 nitrogen and oxygen atoms in total. The average Bonchev–Trinajstić information content (AvgIpc) is 3.78. The fourth-order valence-electron chi connectivity index (χ4n) is 6.84. The lowest BCUT2D eigenvalue weighted by Gasteiger charge is -2.11. The van der Waals surface area contributed by atoms with Crippen LogP contribution in [0.15, 0.2) is 148 Å². The van der Waals surface area contributed by atoms with E-state index in [1.807, 2.05) is 48.5 Å². The summed E-state index contributed by atoms with van der Waals surface area (Å²) in [7, 11) is 0. The van der Waals surface area contributed by atoms with Crippen molar-refractivity contribution in [1.82, 2.24) is 14.5 Å². The first-order valence-electron chi connectivity index (χ1n) is 15.0. The summed E-state index contributed by atoms with van der Waals surface area (Å²) < 4.78 is 15.2. The van der Waals surface area contributed by atoms with Crippen molar-refractivity contribution in [3.05, 3.63) is 140 Å². The Labute approximate surface area is 256 Å². The van der Waals surface area contributed by atoms with E-state index in [2.05, 4.69) is 95.6 Å². The number of nitrogens with zero attached hydrogens (tertiary/aromatic N) is 3. The topological polar surface area (TPSA) is 57.0 Å². The molecule has 0 atom stereocenters. The van der Waals surface area contributed by atoms with Crippen LogP contribution < -0.4 is 0 Å². The van der Waals surface area contributed by atoms with E-state index in [1.165, 1.54) is 5.39 Å². The van der Waals surface area contributed by atoms with Gasteiger partial charge in [-0.3, -0.25) is 0 Å². The third-order valence-electron chi connectivity index (χ3n) is 8.83. The summed E-state index contributed by atoms with van der Waals surface area (Å²) in [5.74, 6) is 0.608. The fourth-order valence-corrected chi connectivity index (χ4v) is 6.84. The highest BCUT2D eigenvalue weighted by Gasteiger charge is 2.21. The molecule has 0 aliphatic heterocycles. The predicted molar refractivity (Wildman–Crippen MR) is 182 cm³/mol. The van der Waals surface area contributed by atoms with Crippen LogP contribution in [0.4, 0.5) is 0 Å². The summed E-state index contributed by atoms with van der Waals surface area (Å²) in [6, 6.07) is 47.9. The molecule has 5 heteroatoms. The van der Waals surface area contributed by atoms with E-state index in [0.717, 1.165) is 77.2 Å². The maximum Gasteiger partial charge on any atom is 0.231 e. The van der Waals surface area contributed by atoms with Crippen molar-refractivity contribution in [2.45, 2.75) is 0 Å². The molecule has 0 fully saturated rings. The molecule has 4 heterocycles. The number of furan rings is 2. The van der Waals surface area contributed by atoms with Gasteiger partial charge in [-0.2, -0.15) is 4.98 Å². The molecule has 0 N–H and O–H groups in total. The molecule has 0 saturated carbocycles. The van der Waals surface area contributed by atoms with E-state index >= 15 is 0 Å². The zero-order chi connectivity index (χ0) is 29.5. The molecule has 0 aliphatic rings. The molecule has 0 unspecified atom stereocenters. The lowest BCUT2D eigenvalue weighted by atomic mass is 10.1. The van der Waals surface area contributed by atoms with Gasteiger partial charge >= 0.3 is 0 Å². The van der Waals surface area contributed by atoms with Crippen LogP contribution in [-0.2, 0) is 0 Å². The Balaban J connectivity index is 1.25. The highest BCUT2D eigenvalue weighted by atomic mass is 16.3. The van der Waals surface area contributed by atoms with Gasteiger partial charge in [0.2, 0.25) is 5.71 Å². The van der Waals surface area contributed by atoms with Gasteiger partial charge in [0.25, 0.3) is 0 Å². The van der Waals surface area contributed by atoms with Gasteiger partial charge in [0.15, 0.2) is 11.4 Å². The Hall–Kier alpha value is -6.20. The lowest BCUT2D eigenvalue weighted by Crippen LogP contribution is -1.97. The summed E-state index contributed by atoms with van der Waals surface area (Å²) in [6.07, 6.45) is 0. The Morgan fingerprint density at radius 2 is 1.18 bits per heavy atom. The van der Waals surface area contributed by atoms with Gasteiger partial charge in [0, 0.05) is 43.7 Å². The molecular weight excluding hydrogens is 554 g/mol. The van der Waals surface area contributed by atoms with Crippen LogP contribution in [0.2, 0.25) is 0 Å². The predicted octanol–water partition coefficient (Wildman–Crippen LogP) is 10.7. The van der Waals surface area contributed by atoms with Crippen LogP contribution in [0.25, 0.3) is 94.1 Å². The van der Waals surface area contributed by atoms with Crippen LogP contribution in [0.3, 0.4) is 0 Å². The van der Waals surface area contributed by atoms with Gasteiger partial charge in [0.1, 0.15) is 11.2 Å². The van der Waals surface area contributed by atoms with Crippen LogP contribution >= 0.6 is 0 Å². The van der Waals surface area contributed by atoms with Gasteiger partial charge in [-0.1, -0.05) is 103 Å².